The molecular formula is C50H97N3O5. The molecule has 0 atom stereocenters. The van der Waals surface area contributed by atoms with Crippen LogP contribution in [0.4, 0.5) is 4.79 Å². The van der Waals surface area contributed by atoms with E-state index in [0.29, 0.717) is 19.4 Å². The van der Waals surface area contributed by atoms with Crippen molar-refractivity contribution in [1.29, 1.82) is 0 Å². The van der Waals surface area contributed by atoms with Crippen LogP contribution < -0.4 is 5.32 Å². The number of rotatable bonds is 43. The molecule has 1 aliphatic rings. The molecule has 0 radical (unpaired) electrons. The topological polar surface area (TPSA) is 88.2 Å². The molecule has 0 aromatic rings. The normalized spacial score (nSPS) is 13.0. The van der Waals surface area contributed by atoms with Crippen molar-refractivity contribution in [2.75, 3.05) is 45.9 Å². The first-order valence-corrected chi connectivity index (χ1v) is 25.6. The van der Waals surface area contributed by atoms with E-state index in [2.05, 4.69) is 31.0 Å². The Morgan fingerprint density at radius 2 is 0.948 bits per heavy atom. The summed E-state index contributed by atoms with van der Waals surface area (Å²) in [6.07, 6.45) is 40.8. The smallest absolute Gasteiger partial charge is 0.317 e. The van der Waals surface area contributed by atoms with Crippen LogP contribution in [-0.2, 0) is 19.1 Å². The summed E-state index contributed by atoms with van der Waals surface area (Å²) < 4.78 is 11.5. The average molecular weight is 820 g/mol. The van der Waals surface area contributed by atoms with E-state index in [1.165, 1.54) is 135 Å². The van der Waals surface area contributed by atoms with E-state index in [4.69, 9.17) is 9.47 Å². The van der Waals surface area contributed by atoms with Crippen LogP contribution in [0.2, 0.25) is 0 Å². The van der Waals surface area contributed by atoms with Crippen LogP contribution in [0.1, 0.15) is 252 Å². The van der Waals surface area contributed by atoms with Crippen molar-refractivity contribution < 1.29 is 23.9 Å². The summed E-state index contributed by atoms with van der Waals surface area (Å²) in [5, 5.41) is 3.21. The summed E-state index contributed by atoms with van der Waals surface area (Å²) in [7, 11) is 0. The molecule has 0 aliphatic carbocycles. The Morgan fingerprint density at radius 3 is 1.47 bits per heavy atom. The van der Waals surface area contributed by atoms with E-state index in [9.17, 15) is 14.4 Å². The molecule has 1 rings (SSSR count). The molecule has 58 heavy (non-hydrogen) atoms. The Kier molecular flexibility index (Phi) is 39.1. The van der Waals surface area contributed by atoms with Gasteiger partial charge in [0, 0.05) is 32.5 Å². The minimum absolute atomic E-state index is 0.00622. The van der Waals surface area contributed by atoms with E-state index in [1.807, 2.05) is 4.90 Å². The first-order valence-electron chi connectivity index (χ1n) is 25.6. The number of unbranched alkanes of at least 4 members (excludes halogenated alkanes) is 24. The monoisotopic (exact) mass is 820 g/mol. The maximum absolute atomic E-state index is 13.2. The van der Waals surface area contributed by atoms with E-state index in [0.717, 1.165) is 122 Å². The predicted molar refractivity (Wildman–Crippen MR) is 245 cm³/mol. The minimum Gasteiger partial charge on any atom is -0.466 e. The molecule has 2 amide bonds. The standard InChI is InChI=1S/C50H97N3O5/c1-4-7-10-13-16-25-34-46-57-48(54)38-28-21-17-23-30-44-53(50(56)51-40-35-43-52-41-32-33-42-52)45-31-24-18-22-29-39-49(55)58-47(36-26-19-14-11-8-5-2)37-27-20-15-12-9-6-3/h47H,4-46H2,1-3H3,(H,51,56). The lowest BCUT2D eigenvalue weighted by Gasteiger charge is -2.24. The number of hydrogen-bond donors (Lipinski definition) is 1. The predicted octanol–water partition coefficient (Wildman–Crippen LogP) is 13.9. The van der Waals surface area contributed by atoms with Gasteiger partial charge in [0.25, 0.3) is 0 Å². The first-order chi connectivity index (χ1) is 28.5. The lowest BCUT2D eigenvalue weighted by atomic mass is 10.0. The van der Waals surface area contributed by atoms with Crippen LogP contribution in [0, 0.1) is 0 Å². The zero-order valence-electron chi connectivity index (χ0n) is 38.9. The van der Waals surface area contributed by atoms with Crippen molar-refractivity contribution in [2.24, 2.45) is 0 Å². The number of carbonyl (C=O) groups excluding carboxylic acids is 3. The number of nitrogens with zero attached hydrogens (tertiary/aromatic N) is 2. The van der Waals surface area contributed by atoms with Crippen LogP contribution in [0.3, 0.4) is 0 Å². The van der Waals surface area contributed by atoms with Gasteiger partial charge in [-0.05, 0) is 96.7 Å². The van der Waals surface area contributed by atoms with Crippen molar-refractivity contribution >= 4 is 18.0 Å². The molecule has 0 saturated carbocycles. The highest BCUT2D eigenvalue weighted by Gasteiger charge is 2.16. The third kappa shape index (κ3) is 35.0. The van der Waals surface area contributed by atoms with Crippen LogP contribution in [-0.4, -0.2) is 79.7 Å². The fourth-order valence-electron chi connectivity index (χ4n) is 8.26. The molecule has 0 bridgehead atoms. The number of esters is 2. The van der Waals surface area contributed by atoms with E-state index >= 15 is 0 Å². The molecule has 8 heteroatoms. The Balaban J connectivity index is 2.32. The van der Waals surface area contributed by atoms with Crippen molar-refractivity contribution in [1.82, 2.24) is 15.1 Å². The Hall–Kier alpha value is -1.83. The molecule has 0 aromatic carbocycles. The summed E-state index contributed by atoms with van der Waals surface area (Å²) in [5.41, 5.74) is 0. The highest BCUT2D eigenvalue weighted by molar-refractivity contribution is 5.74. The third-order valence-corrected chi connectivity index (χ3v) is 12.1. The second-order valence-corrected chi connectivity index (χ2v) is 17.7. The second-order valence-electron chi connectivity index (χ2n) is 17.7. The number of hydrogen-bond acceptors (Lipinski definition) is 6. The van der Waals surface area contributed by atoms with Gasteiger partial charge in [-0.25, -0.2) is 4.79 Å². The van der Waals surface area contributed by atoms with E-state index in [-0.39, 0.29) is 24.1 Å². The first kappa shape index (κ1) is 54.2. The van der Waals surface area contributed by atoms with Gasteiger partial charge < -0.3 is 24.6 Å². The average Bonchev–Trinajstić information content (AvgIpc) is 3.75. The molecule has 0 spiro atoms. The van der Waals surface area contributed by atoms with Crippen molar-refractivity contribution in [3.8, 4) is 0 Å². The minimum atomic E-state index is -0.0512. The van der Waals surface area contributed by atoms with Crippen LogP contribution in [0.15, 0.2) is 0 Å². The molecule has 1 N–H and O–H groups in total. The quantitative estimate of drug-likeness (QED) is 0.0487. The highest BCUT2D eigenvalue weighted by Crippen LogP contribution is 2.19. The summed E-state index contributed by atoms with van der Waals surface area (Å²) in [5.74, 6) is -0.0574. The van der Waals surface area contributed by atoms with Crippen LogP contribution >= 0.6 is 0 Å². The van der Waals surface area contributed by atoms with Crippen LogP contribution in [0.25, 0.3) is 0 Å². The van der Waals surface area contributed by atoms with E-state index in [1.54, 1.807) is 0 Å². The van der Waals surface area contributed by atoms with Gasteiger partial charge in [-0.15, -0.1) is 0 Å². The number of carbonyl (C=O) groups is 3. The van der Waals surface area contributed by atoms with Gasteiger partial charge in [-0.3, -0.25) is 9.59 Å². The van der Waals surface area contributed by atoms with Gasteiger partial charge in [0.05, 0.1) is 6.61 Å². The summed E-state index contributed by atoms with van der Waals surface area (Å²) in [6, 6.07) is 0.0735. The number of ether oxygens (including phenoxy) is 2. The maximum atomic E-state index is 13.2. The summed E-state index contributed by atoms with van der Waals surface area (Å²) in [6.45, 7) is 13.1. The van der Waals surface area contributed by atoms with Crippen molar-refractivity contribution in [2.45, 2.75) is 258 Å². The molecular weight excluding hydrogens is 723 g/mol. The van der Waals surface area contributed by atoms with E-state index < -0.39 is 0 Å². The molecule has 1 fully saturated rings. The van der Waals surface area contributed by atoms with Gasteiger partial charge in [-0.2, -0.15) is 0 Å². The Morgan fingerprint density at radius 1 is 0.517 bits per heavy atom. The molecule has 1 saturated heterocycles. The lowest BCUT2D eigenvalue weighted by molar-refractivity contribution is -0.150. The molecule has 1 aliphatic heterocycles. The summed E-state index contributed by atoms with van der Waals surface area (Å²) in [4.78, 5) is 42.8. The SMILES string of the molecule is CCCCCCCCCOC(=O)CCCCCCCN(CCCCCCCC(=O)OC(CCCCCCCC)CCCCCCCC)C(=O)NCCCN1CCCC1. The number of likely N-dealkylation sites (tertiary alicyclic amines) is 1. The molecule has 342 valence electrons. The Bertz CT molecular complexity index is 911. The zero-order chi connectivity index (χ0) is 42.0. The molecule has 1 heterocycles. The highest BCUT2D eigenvalue weighted by atomic mass is 16.5. The lowest BCUT2D eigenvalue weighted by Crippen LogP contribution is -2.42. The Labute approximate surface area is 359 Å². The molecule has 0 unspecified atom stereocenters. The maximum Gasteiger partial charge on any atom is 0.317 e. The van der Waals surface area contributed by atoms with Gasteiger partial charge in [0.1, 0.15) is 6.10 Å². The zero-order valence-corrected chi connectivity index (χ0v) is 38.9. The van der Waals surface area contributed by atoms with Crippen LogP contribution in [0.5, 0.6) is 0 Å². The summed E-state index contributed by atoms with van der Waals surface area (Å²) >= 11 is 0. The second kappa shape index (κ2) is 41.9. The fourth-order valence-corrected chi connectivity index (χ4v) is 8.26. The van der Waals surface area contributed by atoms with Crippen molar-refractivity contribution in [3.05, 3.63) is 0 Å². The van der Waals surface area contributed by atoms with Gasteiger partial charge in [0.15, 0.2) is 0 Å². The van der Waals surface area contributed by atoms with Gasteiger partial charge in [0.2, 0.25) is 0 Å². The number of nitrogens with one attached hydrogen (secondary N) is 1. The molecule has 0 aromatic heterocycles. The van der Waals surface area contributed by atoms with Crippen molar-refractivity contribution in [3.63, 3.8) is 0 Å². The largest absolute Gasteiger partial charge is 0.466 e. The van der Waals surface area contributed by atoms with Gasteiger partial charge in [-0.1, -0.05) is 162 Å². The van der Waals surface area contributed by atoms with Gasteiger partial charge >= 0.3 is 18.0 Å². The number of urea groups is 1. The fraction of sp³-hybridized carbons (Fsp3) is 0.940. The molecule has 8 nitrogen and oxygen atoms in total. The number of amides is 2. The third-order valence-electron chi connectivity index (χ3n) is 12.1.